The zero-order chi connectivity index (χ0) is 21.2. The molecule has 0 aliphatic carbocycles. The van der Waals surface area contributed by atoms with Gasteiger partial charge in [0.2, 0.25) is 15.9 Å². The van der Waals surface area contributed by atoms with E-state index in [4.69, 9.17) is 9.47 Å². The summed E-state index contributed by atoms with van der Waals surface area (Å²) in [4.78, 5) is 14.8. The van der Waals surface area contributed by atoms with E-state index in [0.717, 1.165) is 16.8 Å². The maximum absolute atomic E-state index is 12.8. The largest absolute Gasteiger partial charge is 0.493 e. The van der Waals surface area contributed by atoms with E-state index in [1.165, 1.54) is 18.4 Å². The maximum atomic E-state index is 12.8. The van der Waals surface area contributed by atoms with E-state index in [0.29, 0.717) is 37.3 Å². The number of amides is 1. The fourth-order valence-corrected chi connectivity index (χ4v) is 4.38. The lowest BCUT2D eigenvalue weighted by Crippen LogP contribution is -2.29. The molecule has 156 valence electrons. The van der Waals surface area contributed by atoms with Gasteiger partial charge in [0, 0.05) is 32.7 Å². The summed E-state index contributed by atoms with van der Waals surface area (Å²) in [7, 11) is 2.69. The van der Waals surface area contributed by atoms with Crippen LogP contribution >= 0.6 is 0 Å². The average molecular weight is 419 g/mol. The van der Waals surface area contributed by atoms with Crippen molar-refractivity contribution in [2.24, 2.45) is 0 Å². The minimum absolute atomic E-state index is 0.0155. The SMILES string of the molecule is COc1ccc(CCC(=O)N2CCc3cc(S(=O)(=O)N(C)C)ccc32)cc1OC. The van der Waals surface area contributed by atoms with Crippen LogP contribution in [0.5, 0.6) is 11.5 Å². The minimum atomic E-state index is -3.49. The topological polar surface area (TPSA) is 76.2 Å². The average Bonchev–Trinajstić information content (AvgIpc) is 3.14. The molecule has 0 atom stereocenters. The summed E-state index contributed by atoms with van der Waals surface area (Å²) in [5, 5.41) is 0. The molecule has 0 spiro atoms. The zero-order valence-corrected chi connectivity index (χ0v) is 18.0. The minimum Gasteiger partial charge on any atom is -0.493 e. The Morgan fingerprint density at radius 3 is 2.45 bits per heavy atom. The van der Waals surface area contributed by atoms with Gasteiger partial charge in [0.25, 0.3) is 0 Å². The lowest BCUT2D eigenvalue weighted by Gasteiger charge is -2.18. The summed E-state index contributed by atoms with van der Waals surface area (Å²) >= 11 is 0. The highest BCUT2D eigenvalue weighted by Gasteiger charge is 2.27. The summed E-state index contributed by atoms with van der Waals surface area (Å²) in [6.07, 6.45) is 1.58. The van der Waals surface area contributed by atoms with Gasteiger partial charge in [-0.25, -0.2) is 12.7 Å². The van der Waals surface area contributed by atoms with Crippen molar-refractivity contribution >= 4 is 21.6 Å². The first kappa shape index (κ1) is 21.1. The highest BCUT2D eigenvalue weighted by Crippen LogP contribution is 2.32. The van der Waals surface area contributed by atoms with E-state index in [2.05, 4.69) is 0 Å². The number of fused-ring (bicyclic) bond motifs is 1. The van der Waals surface area contributed by atoms with Crippen LogP contribution in [0.1, 0.15) is 17.5 Å². The van der Waals surface area contributed by atoms with Crippen molar-refractivity contribution < 1.29 is 22.7 Å². The molecule has 0 radical (unpaired) electrons. The number of rotatable bonds is 7. The molecule has 0 fully saturated rings. The first-order chi connectivity index (χ1) is 13.8. The summed E-state index contributed by atoms with van der Waals surface area (Å²) in [6.45, 7) is 0.561. The summed E-state index contributed by atoms with van der Waals surface area (Å²) in [5.74, 6) is 1.31. The first-order valence-electron chi connectivity index (χ1n) is 9.34. The molecule has 3 rings (SSSR count). The van der Waals surface area contributed by atoms with Gasteiger partial charge < -0.3 is 14.4 Å². The second-order valence-corrected chi connectivity index (χ2v) is 9.21. The van der Waals surface area contributed by atoms with Crippen LogP contribution in [0, 0.1) is 0 Å². The molecule has 1 aliphatic heterocycles. The Labute approximate surface area is 171 Å². The Hall–Kier alpha value is -2.58. The van der Waals surface area contributed by atoms with Gasteiger partial charge in [-0.05, 0) is 54.3 Å². The van der Waals surface area contributed by atoms with Crippen molar-refractivity contribution in [1.29, 1.82) is 0 Å². The van der Waals surface area contributed by atoms with Crippen LogP contribution in [0.15, 0.2) is 41.3 Å². The van der Waals surface area contributed by atoms with Crippen LogP contribution in [0.2, 0.25) is 0 Å². The number of carbonyl (C=O) groups excluding carboxylic acids is 1. The number of ether oxygens (including phenoxy) is 2. The van der Waals surface area contributed by atoms with Gasteiger partial charge in [0.05, 0.1) is 19.1 Å². The highest BCUT2D eigenvalue weighted by molar-refractivity contribution is 7.89. The summed E-state index contributed by atoms with van der Waals surface area (Å²) < 4.78 is 36.4. The second-order valence-electron chi connectivity index (χ2n) is 7.06. The molecule has 0 N–H and O–H groups in total. The van der Waals surface area contributed by atoms with Crippen molar-refractivity contribution in [2.45, 2.75) is 24.2 Å². The molecule has 0 saturated carbocycles. The third-order valence-corrected chi connectivity index (χ3v) is 6.91. The first-order valence-corrected chi connectivity index (χ1v) is 10.8. The van der Waals surface area contributed by atoms with Gasteiger partial charge >= 0.3 is 0 Å². The summed E-state index contributed by atoms with van der Waals surface area (Å²) in [6, 6.07) is 10.6. The molecule has 2 aromatic carbocycles. The molecule has 0 unspecified atom stereocenters. The number of aryl methyl sites for hydroxylation is 1. The molecule has 1 heterocycles. The van der Waals surface area contributed by atoms with Crippen molar-refractivity contribution in [2.75, 3.05) is 39.8 Å². The van der Waals surface area contributed by atoms with Gasteiger partial charge in [-0.3, -0.25) is 4.79 Å². The smallest absolute Gasteiger partial charge is 0.242 e. The number of hydrogen-bond donors (Lipinski definition) is 0. The van der Waals surface area contributed by atoms with Crippen molar-refractivity contribution in [3.8, 4) is 11.5 Å². The number of benzene rings is 2. The third kappa shape index (κ3) is 4.23. The molecule has 1 amide bonds. The van der Waals surface area contributed by atoms with E-state index in [1.807, 2.05) is 18.2 Å². The van der Waals surface area contributed by atoms with Crippen molar-refractivity contribution in [3.63, 3.8) is 0 Å². The number of anilines is 1. The molecule has 0 saturated heterocycles. The van der Waals surface area contributed by atoms with Gasteiger partial charge in [-0.2, -0.15) is 0 Å². The Morgan fingerprint density at radius 1 is 1.07 bits per heavy atom. The van der Waals surface area contributed by atoms with E-state index < -0.39 is 10.0 Å². The number of carbonyl (C=O) groups is 1. The predicted molar refractivity (Wildman–Crippen MR) is 111 cm³/mol. The predicted octanol–water partition coefficient (Wildman–Crippen LogP) is 2.48. The molecule has 0 bridgehead atoms. The fraction of sp³-hybridized carbons (Fsp3) is 0.381. The van der Waals surface area contributed by atoms with Gasteiger partial charge in [-0.15, -0.1) is 0 Å². The maximum Gasteiger partial charge on any atom is 0.242 e. The van der Waals surface area contributed by atoms with Crippen LogP contribution in [-0.2, 0) is 27.7 Å². The summed E-state index contributed by atoms with van der Waals surface area (Å²) in [5.41, 5.74) is 2.66. The van der Waals surface area contributed by atoms with Gasteiger partial charge in [-0.1, -0.05) is 6.07 Å². The highest BCUT2D eigenvalue weighted by atomic mass is 32.2. The molecule has 2 aromatic rings. The van der Waals surface area contributed by atoms with E-state index in [9.17, 15) is 13.2 Å². The number of nitrogens with zero attached hydrogens (tertiary/aromatic N) is 2. The van der Waals surface area contributed by atoms with E-state index in [1.54, 1.807) is 37.3 Å². The van der Waals surface area contributed by atoms with Gasteiger partial charge in [0.15, 0.2) is 11.5 Å². The monoisotopic (exact) mass is 418 g/mol. The fourth-order valence-electron chi connectivity index (χ4n) is 3.43. The third-order valence-electron chi connectivity index (χ3n) is 5.10. The molecule has 8 heteroatoms. The van der Waals surface area contributed by atoms with Crippen LogP contribution in [0.25, 0.3) is 0 Å². The van der Waals surface area contributed by atoms with Crippen LogP contribution in [0.4, 0.5) is 5.69 Å². The van der Waals surface area contributed by atoms with Crippen LogP contribution in [-0.4, -0.2) is 53.5 Å². The zero-order valence-electron chi connectivity index (χ0n) is 17.1. The number of sulfonamides is 1. The quantitative estimate of drug-likeness (QED) is 0.691. The van der Waals surface area contributed by atoms with Crippen molar-refractivity contribution in [1.82, 2.24) is 4.31 Å². The lowest BCUT2D eigenvalue weighted by molar-refractivity contribution is -0.118. The Balaban J connectivity index is 1.72. The Kier molecular flexibility index (Phi) is 6.14. The molecule has 7 nitrogen and oxygen atoms in total. The normalized spacial score (nSPS) is 13.5. The number of methoxy groups -OCH3 is 2. The molecule has 29 heavy (non-hydrogen) atoms. The standard InChI is InChI=1S/C21H26N2O5S/c1-22(2)29(25,26)17-7-8-18-16(14-17)11-12-23(18)21(24)10-6-15-5-9-19(27-3)20(13-15)28-4/h5,7-9,13-14H,6,10-12H2,1-4H3. The van der Waals surface area contributed by atoms with Crippen LogP contribution < -0.4 is 14.4 Å². The number of hydrogen-bond acceptors (Lipinski definition) is 5. The molecule has 1 aliphatic rings. The van der Waals surface area contributed by atoms with Crippen LogP contribution in [0.3, 0.4) is 0 Å². The van der Waals surface area contributed by atoms with E-state index in [-0.39, 0.29) is 10.8 Å². The lowest BCUT2D eigenvalue weighted by atomic mass is 10.1. The van der Waals surface area contributed by atoms with Gasteiger partial charge in [0.1, 0.15) is 0 Å². The second kappa shape index (κ2) is 8.42. The van der Waals surface area contributed by atoms with E-state index >= 15 is 0 Å². The molecular formula is C21H26N2O5S. The Morgan fingerprint density at radius 2 is 1.79 bits per heavy atom. The molecule has 0 aromatic heterocycles. The van der Waals surface area contributed by atoms with Crippen molar-refractivity contribution in [3.05, 3.63) is 47.5 Å². The molecular weight excluding hydrogens is 392 g/mol. The Bertz CT molecular complexity index is 1020.